The van der Waals surface area contributed by atoms with Crippen molar-refractivity contribution in [2.75, 3.05) is 0 Å². The number of aliphatic imine (C=N–C) groups is 1. The van der Waals surface area contributed by atoms with Crippen molar-refractivity contribution in [1.82, 2.24) is 15.3 Å². The number of hydrogen-bond donors (Lipinski definition) is 6. The van der Waals surface area contributed by atoms with E-state index in [0.717, 1.165) is 56.5 Å². The largest absolute Gasteiger partial charge is 0.481 e. The summed E-state index contributed by atoms with van der Waals surface area (Å²) in [7, 11) is 0. The summed E-state index contributed by atoms with van der Waals surface area (Å²) in [5.41, 5.74) is 8.29. The van der Waals surface area contributed by atoms with Gasteiger partial charge in [0.15, 0.2) is 0 Å². The maximum Gasteiger partial charge on any atom is 0.334 e. The molecule has 8 bridgehead atoms. The van der Waals surface area contributed by atoms with Crippen molar-refractivity contribution in [1.29, 1.82) is 0 Å². The molecule has 10 nitrogen and oxygen atoms in total. The van der Waals surface area contributed by atoms with Crippen molar-refractivity contribution < 1.29 is 29.7 Å². The Bertz CT molecular complexity index is 1860. The van der Waals surface area contributed by atoms with Crippen LogP contribution in [-0.4, -0.2) is 54.9 Å². The Balaban J connectivity index is 1.90. The van der Waals surface area contributed by atoms with E-state index < -0.39 is 30.4 Å². The lowest BCUT2D eigenvalue weighted by molar-refractivity contribution is -0.138. The van der Waals surface area contributed by atoms with Gasteiger partial charge in [-0.05, 0) is 79.7 Å². The van der Waals surface area contributed by atoms with Gasteiger partial charge in [-0.2, -0.15) is 0 Å². The van der Waals surface area contributed by atoms with Crippen LogP contribution in [0.1, 0.15) is 73.7 Å². The molecule has 1 fully saturated rings. The number of fused-ring (bicyclic) bond motifs is 7. The zero-order valence-corrected chi connectivity index (χ0v) is 25.6. The van der Waals surface area contributed by atoms with Crippen LogP contribution in [0.5, 0.6) is 0 Å². The molecule has 230 valence electrons. The second kappa shape index (κ2) is 11.7. The lowest BCUT2D eigenvalue weighted by atomic mass is 9.84. The molecule has 0 amide bonds. The molecule has 3 unspecified atom stereocenters. The third-order valence-corrected chi connectivity index (χ3v) is 9.24. The maximum atomic E-state index is 12.7. The Kier molecular flexibility index (Phi) is 8.11. The Morgan fingerprint density at radius 2 is 1.70 bits per heavy atom. The number of aliphatic carboxylic acids is 3. The van der Waals surface area contributed by atoms with Crippen LogP contribution in [-0.2, 0) is 20.8 Å². The number of nitrogens with zero attached hydrogens (tertiary/aromatic N) is 1. The molecular formula is C34H38N4O6. The highest BCUT2D eigenvalue weighted by Gasteiger charge is 2.40. The highest BCUT2D eigenvalue weighted by atomic mass is 16.4. The molecule has 0 spiro atoms. The Hall–Kier alpha value is -4.86. The van der Waals surface area contributed by atoms with E-state index in [9.17, 15) is 29.7 Å². The van der Waals surface area contributed by atoms with Gasteiger partial charge in [-0.3, -0.25) is 14.6 Å². The van der Waals surface area contributed by atoms with E-state index >= 15 is 0 Å². The first-order valence-electron chi connectivity index (χ1n) is 14.8. The summed E-state index contributed by atoms with van der Waals surface area (Å²) in [6, 6.07) is -1.05. The van der Waals surface area contributed by atoms with Crippen molar-refractivity contribution in [3.05, 3.63) is 79.0 Å². The summed E-state index contributed by atoms with van der Waals surface area (Å²) < 4.78 is 0. The number of H-pyrrole nitrogens is 2. The van der Waals surface area contributed by atoms with E-state index in [1.807, 2.05) is 45.1 Å². The van der Waals surface area contributed by atoms with Gasteiger partial charge in [-0.25, -0.2) is 4.79 Å². The Morgan fingerprint density at radius 3 is 2.32 bits per heavy atom. The van der Waals surface area contributed by atoms with Gasteiger partial charge in [0.2, 0.25) is 0 Å². The van der Waals surface area contributed by atoms with E-state index in [2.05, 4.69) is 28.8 Å². The number of rotatable bonds is 8. The number of allylic oxidation sites excluding steroid dienone is 3. The third kappa shape index (κ3) is 5.25. The van der Waals surface area contributed by atoms with Gasteiger partial charge in [-0.1, -0.05) is 26.5 Å². The molecule has 0 aromatic carbocycles. The van der Waals surface area contributed by atoms with Gasteiger partial charge in [0.05, 0.1) is 17.7 Å². The molecule has 6 N–H and O–H groups in total. The highest BCUT2D eigenvalue weighted by Crippen LogP contribution is 2.42. The minimum atomic E-state index is -1.18. The Labute approximate surface area is 255 Å². The van der Waals surface area contributed by atoms with Gasteiger partial charge in [0.25, 0.3) is 0 Å². The minimum absolute atomic E-state index is 0.0151. The molecule has 3 aliphatic rings. The summed E-state index contributed by atoms with van der Waals surface area (Å²) in [6.07, 6.45) is 8.05. The number of carbonyl (C=O) groups is 3. The second-order valence-corrected chi connectivity index (χ2v) is 11.7. The summed E-state index contributed by atoms with van der Waals surface area (Å²) >= 11 is 0. The topological polar surface area (TPSA) is 168 Å². The average Bonchev–Trinajstić information content (AvgIpc) is 3.63. The molecule has 3 aliphatic heterocycles. The van der Waals surface area contributed by atoms with Crippen molar-refractivity contribution >= 4 is 47.9 Å². The van der Waals surface area contributed by atoms with Crippen LogP contribution in [0.3, 0.4) is 0 Å². The first kappa shape index (κ1) is 30.6. The van der Waals surface area contributed by atoms with E-state index in [1.165, 1.54) is 0 Å². The van der Waals surface area contributed by atoms with Crippen LogP contribution in [0.4, 0.5) is 0 Å². The first-order valence-corrected chi connectivity index (χ1v) is 14.8. The van der Waals surface area contributed by atoms with Crippen LogP contribution >= 0.6 is 0 Å². The summed E-state index contributed by atoms with van der Waals surface area (Å²) in [4.78, 5) is 48.5. The molecule has 0 aliphatic carbocycles. The van der Waals surface area contributed by atoms with Crippen molar-refractivity contribution in [3.8, 4) is 0 Å². The molecule has 2 aromatic heterocycles. The number of aromatic amines is 2. The second-order valence-electron chi connectivity index (χ2n) is 11.7. The molecule has 1 saturated heterocycles. The van der Waals surface area contributed by atoms with E-state index in [0.29, 0.717) is 22.6 Å². The highest BCUT2D eigenvalue weighted by molar-refractivity contribution is 6.25. The molecule has 5 rings (SSSR count). The van der Waals surface area contributed by atoms with E-state index in [1.54, 1.807) is 6.92 Å². The van der Waals surface area contributed by atoms with Gasteiger partial charge in [0, 0.05) is 57.3 Å². The monoisotopic (exact) mass is 598 g/mol. The summed E-state index contributed by atoms with van der Waals surface area (Å²) in [6.45, 7) is 13.8. The fourth-order valence-corrected chi connectivity index (χ4v) is 6.82. The zero-order chi connectivity index (χ0) is 32.0. The fraction of sp³-hybridized carbons (Fsp3) is 0.353. The lowest BCUT2D eigenvalue weighted by Crippen LogP contribution is -2.24. The van der Waals surface area contributed by atoms with Crippen LogP contribution in [0.2, 0.25) is 0 Å². The SMILES string of the molecule is C=Cc1c2[nH]c(c1C)C=C1N/C(=C(/CC(=O)O)C3N=C(C=c4[nH]c(c(C)c4CC)=C2)C(C)=C3C(=O)O)C(CCC(=O)O)C1C. The molecule has 10 heteroatoms. The number of hydrogen-bond acceptors (Lipinski definition) is 5. The van der Waals surface area contributed by atoms with Crippen LogP contribution < -0.4 is 16.0 Å². The lowest BCUT2D eigenvalue weighted by Gasteiger charge is -2.21. The number of carboxylic acids is 3. The number of carboxylic acid groups (broad SMARTS) is 3. The molecular weight excluding hydrogens is 560 g/mol. The van der Waals surface area contributed by atoms with E-state index in [4.69, 9.17) is 4.99 Å². The van der Waals surface area contributed by atoms with Crippen molar-refractivity contribution in [2.45, 2.75) is 66.3 Å². The number of aromatic nitrogens is 2. The smallest absolute Gasteiger partial charge is 0.334 e. The zero-order valence-electron chi connectivity index (χ0n) is 25.6. The molecule has 0 radical (unpaired) electrons. The standard InChI is InChI=1S/C34H38N4O6/c1-7-19-15(3)23-12-25-17(5)21(9-10-29(39)40)32(37-25)22(11-30(41)42)33-31(34(43)44)18(6)26(38-33)14-28-20(8-2)16(4)24(36-28)13-27(19)35-23/h7,12-14,17,21,33,35-37H,1,8-11H2,2-6H3,(H,39,40)(H,41,42)(H,43,44)/b24-13?,25-12?,28-14?,32-22-. The quantitative estimate of drug-likeness (QED) is 0.269. The van der Waals surface area contributed by atoms with Crippen LogP contribution in [0.15, 0.2) is 39.7 Å². The summed E-state index contributed by atoms with van der Waals surface area (Å²) in [5, 5.41) is 35.1. The number of nitrogens with one attached hydrogen (secondary N) is 3. The Morgan fingerprint density at radius 1 is 0.977 bits per heavy atom. The molecule has 2 aromatic rings. The predicted molar refractivity (Wildman–Crippen MR) is 169 cm³/mol. The fourth-order valence-electron chi connectivity index (χ4n) is 6.82. The van der Waals surface area contributed by atoms with Gasteiger partial charge in [0.1, 0.15) is 6.04 Å². The van der Waals surface area contributed by atoms with Crippen LogP contribution in [0.25, 0.3) is 24.3 Å². The average molecular weight is 599 g/mol. The molecule has 5 heterocycles. The third-order valence-electron chi connectivity index (χ3n) is 9.24. The summed E-state index contributed by atoms with van der Waals surface area (Å²) in [5.74, 6) is -3.87. The molecule has 44 heavy (non-hydrogen) atoms. The van der Waals surface area contributed by atoms with Crippen molar-refractivity contribution in [3.63, 3.8) is 0 Å². The predicted octanol–water partition coefficient (Wildman–Crippen LogP) is 3.80. The van der Waals surface area contributed by atoms with Gasteiger partial charge < -0.3 is 30.6 Å². The maximum absolute atomic E-state index is 12.7. The first-order chi connectivity index (χ1) is 20.9. The normalized spacial score (nSPS) is 22.5. The minimum Gasteiger partial charge on any atom is -0.481 e. The van der Waals surface area contributed by atoms with Crippen molar-refractivity contribution in [2.24, 2.45) is 16.8 Å². The van der Waals surface area contributed by atoms with Gasteiger partial charge in [-0.15, -0.1) is 0 Å². The molecule has 0 saturated carbocycles. The van der Waals surface area contributed by atoms with E-state index in [-0.39, 0.29) is 30.3 Å². The van der Waals surface area contributed by atoms with Crippen LogP contribution in [0, 0.1) is 25.7 Å². The molecule has 3 atom stereocenters. The van der Waals surface area contributed by atoms with Gasteiger partial charge >= 0.3 is 17.9 Å².